The summed E-state index contributed by atoms with van der Waals surface area (Å²) in [6, 6.07) is 7.19. The molecule has 0 heterocycles. The molecule has 0 bridgehead atoms. The van der Waals surface area contributed by atoms with Gasteiger partial charge in [0.25, 0.3) is 0 Å². The van der Waals surface area contributed by atoms with Gasteiger partial charge in [-0.3, -0.25) is 0 Å². The van der Waals surface area contributed by atoms with Crippen LogP contribution in [0.4, 0.5) is 22.0 Å². The van der Waals surface area contributed by atoms with Gasteiger partial charge in [-0.25, -0.2) is 22.0 Å². The monoisotopic (exact) mass is 336 g/mol. The van der Waals surface area contributed by atoms with Gasteiger partial charge in [0.1, 0.15) is 11.6 Å². The van der Waals surface area contributed by atoms with Crippen molar-refractivity contribution in [2.24, 2.45) is 0 Å². The molecule has 0 saturated heterocycles. The fraction of sp³-hybridized carbons (Fsp3) is 0.158. The molecule has 3 rings (SSSR count). The van der Waals surface area contributed by atoms with Crippen LogP contribution in [0.2, 0.25) is 0 Å². The topological polar surface area (TPSA) is 0 Å². The molecule has 0 aromatic heterocycles. The maximum absolute atomic E-state index is 14.7. The molecule has 0 N–H and O–H groups in total. The van der Waals surface area contributed by atoms with Crippen molar-refractivity contribution in [3.05, 3.63) is 71.0 Å². The molecule has 0 nitrogen and oxygen atoms in total. The highest BCUT2D eigenvalue weighted by atomic mass is 19.2. The minimum Gasteiger partial charge on any atom is -0.206 e. The maximum atomic E-state index is 14.7. The summed E-state index contributed by atoms with van der Waals surface area (Å²) in [5, 5.41) is 0.499. The van der Waals surface area contributed by atoms with E-state index in [2.05, 4.69) is 0 Å². The molecule has 124 valence electrons. The highest BCUT2D eigenvalue weighted by Crippen LogP contribution is 2.33. The maximum Gasteiger partial charge on any atom is 0.194 e. The Labute approximate surface area is 135 Å². The SMILES string of the molecule is CCCc1ccc2c(F)c(-c3cc(F)c(F)c(F)c3)c(F)cc2c1. The van der Waals surface area contributed by atoms with Crippen molar-refractivity contribution in [1.29, 1.82) is 0 Å². The Balaban J connectivity index is 2.24. The number of hydrogen-bond donors (Lipinski definition) is 0. The first-order valence-corrected chi connectivity index (χ1v) is 7.48. The number of fused-ring (bicyclic) bond motifs is 1. The van der Waals surface area contributed by atoms with E-state index in [0.717, 1.165) is 24.5 Å². The Morgan fingerprint density at radius 2 is 1.42 bits per heavy atom. The van der Waals surface area contributed by atoms with Crippen LogP contribution in [0.5, 0.6) is 0 Å². The van der Waals surface area contributed by atoms with Gasteiger partial charge in [0, 0.05) is 5.39 Å². The van der Waals surface area contributed by atoms with Crippen LogP contribution < -0.4 is 0 Å². The lowest BCUT2D eigenvalue weighted by Crippen LogP contribution is -1.97. The summed E-state index contributed by atoms with van der Waals surface area (Å²) >= 11 is 0. The van der Waals surface area contributed by atoms with Gasteiger partial charge in [0.2, 0.25) is 0 Å². The minimum atomic E-state index is -1.68. The van der Waals surface area contributed by atoms with Gasteiger partial charge in [-0.15, -0.1) is 0 Å². The van der Waals surface area contributed by atoms with Crippen LogP contribution in [0.3, 0.4) is 0 Å². The zero-order valence-electron chi connectivity index (χ0n) is 12.8. The number of hydrogen-bond acceptors (Lipinski definition) is 0. The lowest BCUT2D eigenvalue weighted by molar-refractivity contribution is 0.447. The van der Waals surface area contributed by atoms with E-state index in [1.807, 2.05) is 6.92 Å². The predicted octanol–water partition coefficient (Wildman–Crippen LogP) is 6.15. The van der Waals surface area contributed by atoms with E-state index in [9.17, 15) is 22.0 Å². The average Bonchev–Trinajstić information content (AvgIpc) is 2.52. The van der Waals surface area contributed by atoms with Crippen LogP contribution in [0.1, 0.15) is 18.9 Å². The molecule has 0 aliphatic carbocycles. The van der Waals surface area contributed by atoms with Crippen molar-refractivity contribution in [2.45, 2.75) is 19.8 Å². The highest BCUT2D eigenvalue weighted by molar-refractivity contribution is 5.89. The van der Waals surface area contributed by atoms with E-state index < -0.39 is 34.6 Å². The molecular weight excluding hydrogens is 323 g/mol. The summed E-state index contributed by atoms with van der Waals surface area (Å²) in [6.45, 7) is 1.99. The highest BCUT2D eigenvalue weighted by Gasteiger charge is 2.19. The molecule has 0 spiro atoms. The van der Waals surface area contributed by atoms with E-state index in [1.54, 1.807) is 12.1 Å². The van der Waals surface area contributed by atoms with Gasteiger partial charge >= 0.3 is 0 Å². The van der Waals surface area contributed by atoms with Gasteiger partial charge in [-0.2, -0.15) is 0 Å². The Hall–Kier alpha value is -2.43. The first-order valence-electron chi connectivity index (χ1n) is 7.48. The lowest BCUT2D eigenvalue weighted by Gasteiger charge is -2.11. The number of rotatable bonds is 3. The van der Waals surface area contributed by atoms with Gasteiger partial charge in [-0.05, 0) is 41.1 Å². The third-order valence-electron chi connectivity index (χ3n) is 3.90. The zero-order valence-corrected chi connectivity index (χ0v) is 12.8. The van der Waals surface area contributed by atoms with E-state index in [1.165, 1.54) is 6.07 Å². The third kappa shape index (κ3) is 2.75. The Bertz CT molecular complexity index is 908. The molecule has 0 unspecified atom stereocenters. The summed E-state index contributed by atoms with van der Waals surface area (Å²) in [5.74, 6) is -6.56. The van der Waals surface area contributed by atoms with Crippen molar-refractivity contribution in [2.75, 3.05) is 0 Å². The molecule has 0 aliphatic heterocycles. The minimum absolute atomic E-state index is 0.136. The predicted molar refractivity (Wildman–Crippen MR) is 83.2 cm³/mol. The summed E-state index contributed by atoms with van der Waals surface area (Å²) in [7, 11) is 0. The van der Waals surface area contributed by atoms with Crippen molar-refractivity contribution in [3.8, 4) is 11.1 Å². The second kappa shape index (κ2) is 6.23. The standard InChI is InChI=1S/C19H13F5/c1-2-3-10-4-5-13-11(6-10)7-14(20)17(18(13)23)12-8-15(21)19(24)16(22)9-12/h4-9H,2-3H2,1H3. The molecule has 0 atom stereocenters. The number of aryl methyl sites for hydroxylation is 1. The van der Waals surface area contributed by atoms with Crippen LogP contribution in [0.25, 0.3) is 21.9 Å². The zero-order chi connectivity index (χ0) is 17.4. The summed E-state index contributed by atoms with van der Waals surface area (Å²) < 4.78 is 68.9. The van der Waals surface area contributed by atoms with E-state index in [0.29, 0.717) is 17.5 Å². The number of halogens is 5. The van der Waals surface area contributed by atoms with Gasteiger partial charge in [-0.1, -0.05) is 31.5 Å². The molecule has 0 saturated carbocycles. The first-order chi connectivity index (χ1) is 11.4. The van der Waals surface area contributed by atoms with E-state index >= 15 is 0 Å². The normalized spacial score (nSPS) is 11.2. The summed E-state index contributed by atoms with van der Waals surface area (Å²) in [5.41, 5.74) is -0.0279. The Morgan fingerprint density at radius 3 is 2.04 bits per heavy atom. The second-order valence-electron chi connectivity index (χ2n) is 5.61. The quantitative estimate of drug-likeness (QED) is 0.397. The smallest absolute Gasteiger partial charge is 0.194 e. The van der Waals surface area contributed by atoms with E-state index in [-0.39, 0.29) is 10.9 Å². The number of benzene rings is 3. The largest absolute Gasteiger partial charge is 0.206 e. The fourth-order valence-corrected chi connectivity index (χ4v) is 2.79. The molecule has 3 aromatic carbocycles. The van der Waals surface area contributed by atoms with Gasteiger partial charge in [0.05, 0.1) is 5.56 Å². The first kappa shape index (κ1) is 16.4. The average molecular weight is 336 g/mol. The van der Waals surface area contributed by atoms with Crippen LogP contribution in [0, 0.1) is 29.1 Å². The van der Waals surface area contributed by atoms with E-state index in [4.69, 9.17) is 0 Å². The molecule has 0 radical (unpaired) electrons. The van der Waals surface area contributed by atoms with Crippen molar-refractivity contribution in [3.63, 3.8) is 0 Å². The van der Waals surface area contributed by atoms with Crippen LogP contribution >= 0.6 is 0 Å². The van der Waals surface area contributed by atoms with Gasteiger partial charge in [0.15, 0.2) is 17.5 Å². The Kier molecular flexibility index (Phi) is 4.26. The van der Waals surface area contributed by atoms with Crippen LogP contribution in [-0.2, 0) is 6.42 Å². The molecular formula is C19H13F5. The van der Waals surface area contributed by atoms with Crippen molar-refractivity contribution >= 4 is 10.8 Å². The van der Waals surface area contributed by atoms with Crippen LogP contribution in [-0.4, -0.2) is 0 Å². The van der Waals surface area contributed by atoms with Crippen LogP contribution in [0.15, 0.2) is 36.4 Å². The Morgan fingerprint density at radius 1 is 0.750 bits per heavy atom. The molecule has 3 aromatic rings. The molecule has 0 amide bonds. The lowest BCUT2D eigenvalue weighted by atomic mass is 9.97. The fourth-order valence-electron chi connectivity index (χ4n) is 2.79. The third-order valence-corrected chi connectivity index (χ3v) is 3.90. The molecule has 0 fully saturated rings. The van der Waals surface area contributed by atoms with Crippen molar-refractivity contribution in [1.82, 2.24) is 0 Å². The summed E-state index contributed by atoms with van der Waals surface area (Å²) in [6.07, 6.45) is 1.66. The second-order valence-corrected chi connectivity index (χ2v) is 5.61. The van der Waals surface area contributed by atoms with Crippen molar-refractivity contribution < 1.29 is 22.0 Å². The molecule has 5 heteroatoms. The summed E-state index contributed by atoms with van der Waals surface area (Å²) in [4.78, 5) is 0. The molecule has 0 aliphatic rings. The molecule has 24 heavy (non-hydrogen) atoms. The van der Waals surface area contributed by atoms with Gasteiger partial charge < -0.3 is 0 Å².